The molecule has 0 radical (unpaired) electrons. The smallest absolute Gasteiger partial charge is 0.269 e. The standard InChI is InChI=1S/C19H30N6O/c1-13-7-5-9-25(12-13)10-6-8-20-19(26)17-11-16(21-22-17)18-14(2)23-24(4)15(18)3/h11,13H,5-10,12H2,1-4H3,(H,20,26)(H,21,22). The molecule has 3 rings (SSSR count). The number of aryl methyl sites for hydroxylation is 2. The van der Waals surface area contributed by atoms with Crippen LogP contribution in [0.15, 0.2) is 6.07 Å². The predicted molar refractivity (Wildman–Crippen MR) is 102 cm³/mol. The van der Waals surface area contributed by atoms with Gasteiger partial charge in [0.15, 0.2) is 0 Å². The molecule has 1 amide bonds. The third kappa shape index (κ3) is 4.15. The van der Waals surface area contributed by atoms with Crippen LogP contribution in [0.2, 0.25) is 0 Å². The van der Waals surface area contributed by atoms with E-state index in [1.807, 2.05) is 25.6 Å². The van der Waals surface area contributed by atoms with Crippen molar-refractivity contribution in [1.29, 1.82) is 0 Å². The van der Waals surface area contributed by atoms with Crippen molar-refractivity contribution in [2.24, 2.45) is 13.0 Å². The van der Waals surface area contributed by atoms with Crippen molar-refractivity contribution in [3.8, 4) is 11.3 Å². The summed E-state index contributed by atoms with van der Waals surface area (Å²) < 4.78 is 1.83. The minimum atomic E-state index is -0.102. The summed E-state index contributed by atoms with van der Waals surface area (Å²) in [6, 6.07) is 1.80. The summed E-state index contributed by atoms with van der Waals surface area (Å²) in [6.45, 7) is 10.4. The van der Waals surface area contributed by atoms with E-state index in [0.29, 0.717) is 12.2 Å². The fraction of sp³-hybridized carbons (Fsp3) is 0.632. The summed E-state index contributed by atoms with van der Waals surface area (Å²) >= 11 is 0. The quantitative estimate of drug-likeness (QED) is 0.777. The zero-order valence-electron chi connectivity index (χ0n) is 16.3. The van der Waals surface area contributed by atoms with Crippen molar-refractivity contribution in [2.45, 2.75) is 40.0 Å². The van der Waals surface area contributed by atoms with Crippen LogP contribution in [0.3, 0.4) is 0 Å². The van der Waals surface area contributed by atoms with Crippen LogP contribution < -0.4 is 5.32 Å². The fourth-order valence-electron chi connectivity index (χ4n) is 3.80. The molecule has 142 valence electrons. The number of rotatable bonds is 6. The van der Waals surface area contributed by atoms with Crippen LogP contribution in [0.1, 0.15) is 48.1 Å². The van der Waals surface area contributed by atoms with Crippen molar-refractivity contribution < 1.29 is 4.79 Å². The number of aromatic nitrogens is 4. The Labute approximate surface area is 155 Å². The molecule has 26 heavy (non-hydrogen) atoms. The topological polar surface area (TPSA) is 78.8 Å². The normalized spacial score (nSPS) is 18.2. The molecule has 7 nitrogen and oxygen atoms in total. The second-order valence-corrected chi connectivity index (χ2v) is 7.49. The van der Waals surface area contributed by atoms with Crippen molar-refractivity contribution in [3.63, 3.8) is 0 Å². The summed E-state index contributed by atoms with van der Waals surface area (Å²) in [4.78, 5) is 14.9. The van der Waals surface area contributed by atoms with E-state index in [1.165, 1.54) is 25.9 Å². The molecule has 0 saturated carbocycles. The van der Waals surface area contributed by atoms with Crippen LogP contribution in [0.5, 0.6) is 0 Å². The lowest BCUT2D eigenvalue weighted by Crippen LogP contribution is -2.36. The first kappa shape index (κ1) is 18.6. The Balaban J connectivity index is 1.50. The number of nitrogens with one attached hydrogen (secondary N) is 2. The molecule has 3 heterocycles. The summed E-state index contributed by atoms with van der Waals surface area (Å²) in [7, 11) is 1.91. The third-order valence-electron chi connectivity index (χ3n) is 5.27. The SMILES string of the molecule is Cc1nn(C)c(C)c1-c1cc(C(=O)NCCCN2CCCC(C)C2)[nH]n1. The maximum atomic E-state index is 12.4. The highest BCUT2D eigenvalue weighted by atomic mass is 16.1. The molecule has 2 aromatic rings. The van der Waals surface area contributed by atoms with Crippen molar-refractivity contribution in [1.82, 2.24) is 30.2 Å². The Morgan fingerprint density at radius 3 is 2.92 bits per heavy atom. The fourth-order valence-corrected chi connectivity index (χ4v) is 3.80. The zero-order valence-corrected chi connectivity index (χ0v) is 16.3. The number of hydrogen-bond acceptors (Lipinski definition) is 4. The molecule has 0 bridgehead atoms. The highest BCUT2D eigenvalue weighted by molar-refractivity contribution is 5.93. The van der Waals surface area contributed by atoms with Gasteiger partial charge >= 0.3 is 0 Å². The van der Waals surface area contributed by atoms with Crippen LogP contribution in [0.25, 0.3) is 11.3 Å². The molecule has 2 N–H and O–H groups in total. The van der Waals surface area contributed by atoms with Gasteiger partial charge < -0.3 is 10.2 Å². The largest absolute Gasteiger partial charge is 0.351 e. The average Bonchev–Trinajstić information content (AvgIpc) is 3.17. The number of H-pyrrole nitrogens is 1. The van der Waals surface area contributed by atoms with E-state index < -0.39 is 0 Å². The molecule has 0 spiro atoms. The first-order valence-corrected chi connectivity index (χ1v) is 9.52. The lowest BCUT2D eigenvalue weighted by Gasteiger charge is -2.30. The zero-order chi connectivity index (χ0) is 18.7. The molecule has 0 aromatic carbocycles. The second-order valence-electron chi connectivity index (χ2n) is 7.49. The van der Waals surface area contributed by atoms with Gasteiger partial charge in [0.2, 0.25) is 0 Å². The number of likely N-dealkylation sites (tertiary alicyclic amines) is 1. The first-order chi connectivity index (χ1) is 12.5. The molecule has 0 aliphatic carbocycles. The number of amides is 1. The van der Waals surface area contributed by atoms with Gasteiger partial charge in [0, 0.05) is 31.4 Å². The summed E-state index contributed by atoms with van der Waals surface area (Å²) in [5.41, 5.74) is 4.20. The Morgan fingerprint density at radius 1 is 1.42 bits per heavy atom. The van der Waals surface area contributed by atoms with Crippen LogP contribution in [-0.4, -0.2) is 57.0 Å². The Kier molecular flexibility index (Phi) is 5.76. The first-order valence-electron chi connectivity index (χ1n) is 9.52. The summed E-state index contributed by atoms with van der Waals surface area (Å²) in [6.07, 6.45) is 3.60. The van der Waals surface area contributed by atoms with Crippen molar-refractivity contribution >= 4 is 5.91 Å². The van der Waals surface area contributed by atoms with Crippen LogP contribution in [0.4, 0.5) is 0 Å². The van der Waals surface area contributed by atoms with Gasteiger partial charge in [-0.3, -0.25) is 14.6 Å². The van der Waals surface area contributed by atoms with E-state index in [1.54, 1.807) is 6.07 Å². The Hall–Kier alpha value is -2.15. The number of piperidine rings is 1. The van der Waals surface area contributed by atoms with E-state index in [9.17, 15) is 4.79 Å². The number of hydrogen-bond donors (Lipinski definition) is 2. The maximum Gasteiger partial charge on any atom is 0.269 e. The number of aromatic amines is 1. The second kappa shape index (κ2) is 8.03. The molecular formula is C19H30N6O. The molecule has 1 unspecified atom stereocenters. The molecule has 1 aliphatic heterocycles. The molecule has 1 fully saturated rings. The Morgan fingerprint density at radius 2 is 2.23 bits per heavy atom. The molecule has 1 atom stereocenters. The lowest BCUT2D eigenvalue weighted by atomic mass is 10.0. The summed E-state index contributed by atoms with van der Waals surface area (Å²) in [5.74, 6) is 0.691. The minimum absolute atomic E-state index is 0.102. The molecule has 1 aliphatic rings. The van der Waals surface area contributed by atoms with Gasteiger partial charge in [-0.05, 0) is 58.2 Å². The van der Waals surface area contributed by atoms with Gasteiger partial charge in [0.25, 0.3) is 5.91 Å². The van der Waals surface area contributed by atoms with Gasteiger partial charge in [0.05, 0.1) is 11.4 Å². The molecule has 7 heteroatoms. The van der Waals surface area contributed by atoms with Gasteiger partial charge in [0.1, 0.15) is 5.69 Å². The van der Waals surface area contributed by atoms with Crippen LogP contribution in [0, 0.1) is 19.8 Å². The number of carbonyl (C=O) groups excluding carboxylic acids is 1. The molecular weight excluding hydrogens is 328 g/mol. The monoisotopic (exact) mass is 358 g/mol. The minimum Gasteiger partial charge on any atom is -0.351 e. The van der Waals surface area contributed by atoms with Gasteiger partial charge in [-0.2, -0.15) is 10.2 Å². The van der Waals surface area contributed by atoms with Crippen LogP contribution >= 0.6 is 0 Å². The lowest BCUT2D eigenvalue weighted by molar-refractivity contribution is 0.0945. The molecule has 2 aromatic heterocycles. The Bertz CT molecular complexity index is 762. The number of carbonyl (C=O) groups is 1. The van der Waals surface area contributed by atoms with E-state index >= 15 is 0 Å². The van der Waals surface area contributed by atoms with Crippen molar-refractivity contribution in [2.75, 3.05) is 26.2 Å². The number of nitrogens with zero attached hydrogens (tertiary/aromatic N) is 4. The molecule has 1 saturated heterocycles. The highest BCUT2D eigenvalue weighted by Crippen LogP contribution is 2.25. The highest BCUT2D eigenvalue weighted by Gasteiger charge is 2.18. The van der Waals surface area contributed by atoms with Gasteiger partial charge in [-0.25, -0.2) is 0 Å². The van der Waals surface area contributed by atoms with E-state index in [2.05, 4.69) is 32.4 Å². The predicted octanol–water partition coefficient (Wildman–Crippen LogP) is 2.28. The van der Waals surface area contributed by atoms with E-state index in [0.717, 1.165) is 41.5 Å². The third-order valence-corrected chi connectivity index (χ3v) is 5.27. The van der Waals surface area contributed by atoms with Crippen LogP contribution in [-0.2, 0) is 7.05 Å². The van der Waals surface area contributed by atoms with E-state index in [4.69, 9.17) is 0 Å². The van der Waals surface area contributed by atoms with Gasteiger partial charge in [-0.1, -0.05) is 6.92 Å². The maximum absolute atomic E-state index is 12.4. The summed E-state index contributed by atoms with van der Waals surface area (Å²) in [5, 5.41) is 14.6. The van der Waals surface area contributed by atoms with Crippen molar-refractivity contribution in [3.05, 3.63) is 23.1 Å². The van der Waals surface area contributed by atoms with E-state index in [-0.39, 0.29) is 5.91 Å². The average molecular weight is 358 g/mol. The van der Waals surface area contributed by atoms with Gasteiger partial charge in [-0.15, -0.1) is 0 Å².